The average Bonchev–Trinajstić information content (AvgIpc) is 2.60. The Morgan fingerprint density at radius 3 is 2.07 bits per heavy atom. The fourth-order valence-electron chi connectivity index (χ4n) is 3.11. The first kappa shape index (κ1) is 20.5. The van der Waals surface area contributed by atoms with E-state index in [1.165, 1.54) is 11.0 Å². The van der Waals surface area contributed by atoms with Gasteiger partial charge in [0.25, 0.3) is 16.8 Å². The van der Waals surface area contributed by atoms with Gasteiger partial charge in [0.1, 0.15) is 11.4 Å². The van der Waals surface area contributed by atoms with E-state index >= 15 is 0 Å². The molecule has 0 bridgehead atoms. The SMILES string of the molecule is CC(C)C(Nc1c(Nc2cccc(C(=O)N(C)C)c2O)c(=O)c1=O)C(C)C. The van der Waals surface area contributed by atoms with Crippen molar-refractivity contribution < 1.29 is 9.90 Å². The number of carbonyl (C=O) groups is 1. The second-order valence-electron chi connectivity index (χ2n) is 7.59. The average molecular weight is 373 g/mol. The van der Waals surface area contributed by atoms with Crippen molar-refractivity contribution in [1.29, 1.82) is 0 Å². The zero-order chi connectivity index (χ0) is 20.5. The van der Waals surface area contributed by atoms with Gasteiger partial charge in [0.15, 0.2) is 5.75 Å². The molecule has 7 nitrogen and oxygen atoms in total. The lowest BCUT2D eigenvalue weighted by Gasteiger charge is -2.28. The lowest BCUT2D eigenvalue weighted by atomic mass is 9.92. The van der Waals surface area contributed by atoms with E-state index in [4.69, 9.17) is 0 Å². The zero-order valence-electron chi connectivity index (χ0n) is 16.6. The second kappa shape index (κ2) is 7.82. The van der Waals surface area contributed by atoms with E-state index in [-0.39, 0.29) is 52.2 Å². The number of phenolic OH excluding ortho intramolecular Hbond substituents is 1. The van der Waals surface area contributed by atoms with Crippen LogP contribution in [0.5, 0.6) is 5.75 Å². The molecule has 0 unspecified atom stereocenters. The molecule has 0 saturated carbocycles. The van der Waals surface area contributed by atoms with Gasteiger partial charge in [-0.05, 0) is 24.0 Å². The first-order valence-electron chi connectivity index (χ1n) is 8.96. The Morgan fingerprint density at radius 2 is 1.56 bits per heavy atom. The van der Waals surface area contributed by atoms with Gasteiger partial charge in [-0.3, -0.25) is 14.4 Å². The molecule has 7 heteroatoms. The minimum atomic E-state index is -0.646. The molecule has 0 aliphatic carbocycles. The van der Waals surface area contributed by atoms with Gasteiger partial charge in [0.2, 0.25) is 0 Å². The number of rotatable bonds is 7. The molecular weight excluding hydrogens is 346 g/mol. The number of amides is 1. The van der Waals surface area contributed by atoms with Crippen LogP contribution in [0.2, 0.25) is 0 Å². The van der Waals surface area contributed by atoms with Crippen molar-refractivity contribution in [2.75, 3.05) is 24.7 Å². The molecule has 2 aromatic carbocycles. The highest BCUT2D eigenvalue weighted by Crippen LogP contribution is 2.32. The van der Waals surface area contributed by atoms with Crippen molar-refractivity contribution in [3.8, 4) is 5.75 Å². The summed E-state index contributed by atoms with van der Waals surface area (Å²) in [6.07, 6.45) is 0. The lowest BCUT2D eigenvalue weighted by molar-refractivity contribution is 0.0824. The molecule has 1 amide bonds. The monoisotopic (exact) mass is 373 g/mol. The first-order valence-corrected chi connectivity index (χ1v) is 8.96. The van der Waals surface area contributed by atoms with Gasteiger partial charge in [-0.25, -0.2) is 0 Å². The number of para-hydroxylation sites is 1. The number of phenols is 1. The molecule has 2 rings (SSSR count). The predicted molar refractivity (Wildman–Crippen MR) is 108 cm³/mol. The summed E-state index contributed by atoms with van der Waals surface area (Å²) in [4.78, 5) is 37.6. The molecule has 27 heavy (non-hydrogen) atoms. The summed E-state index contributed by atoms with van der Waals surface area (Å²) in [5.74, 6) is -0.105. The molecule has 0 fully saturated rings. The fraction of sp³-hybridized carbons (Fsp3) is 0.450. The second-order valence-corrected chi connectivity index (χ2v) is 7.59. The van der Waals surface area contributed by atoms with Crippen molar-refractivity contribution in [3.63, 3.8) is 0 Å². The number of benzene rings is 1. The zero-order valence-corrected chi connectivity index (χ0v) is 16.6. The number of nitrogens with zero attached hydrogens (tertiary/aromatic N) is 1. The van der Waals surface area contributed by atoms with Crippen molar-refractivity contribution in [1.82, 2.24) is 4.90 Å². The summed E-state index contributed by atoms with van der Waals surface area (Å²) >= 11 is 0. The van der Waals surface area contributed by atoms with Crippen LogP contribution in [0.3, 0.4) is 0 Å². The molecule has 146 valence electrons. The maximum absolute atomic E-state index is 12.2. The topological polar surface area (TPSA) is 98.7 Å². The van der Waals surface area contributed by atoms with Gasteiger partial charge < -0.3 is 20.6 Å². The van der Waals surface area contributed by atoms with Gasteiger partial charge in [-0.2, -0.15) is 0 Å². The summed E-state index contributed by atoms with van der Waals surface area (Å²) < 4.78 is 0. The number of carbonyl (C=O) groups excluding carboxylic acids is 1. The van der Waals surface area contributed by atoms with Crippen molar-refractivity contribution in [2.45, 2.75) is 33.7 Å². The summed E-state index contributed by atoms with van der Waals surface area (Å²) in [5, 5.41) is 16.4. The van der Waals surface area contributed by atoms with E-state index in [1.807, 2.05) is 27.7 Å². The van der Waals surface area contributed by atoms with Gasteiger partial charge in [0.05, 0.1) is 11.3 Å². The minimum absolute atomic E-state index is 0.0177. The van der Waals surface area contributed by atoms with Crippen LogP contribution in [-0.2, 0) is 0 Å². The Morgan fingerprint density at radius 1 is 1.00 bits per heavy atom. The van der Waals surface area contributed by atoms with Crippen LogP contribution >= 0.6 is 0 Å². The highest BCUT2D eigenvalue weighted by molar-refractivity contribution is 5.99. The normalized spacial score (nSPS) is 11.4. The summed E-state index contributed by atoms with van der Waals surface area (Å²) in [5.41, 5.74) is -0.590. The van der Waals surface area contributed by atoms with Crippen molar-refractivity contribution in [2.24, 2.45) is 11.8 Å². The van der Waals surface area contributed by atoms with Crippen LogP contribution in [0.15, 0.2) is 27.8 Å². The number of aromatic hydroxyl groups is 1. The third kappa shape index (κ3) is 3.97. The first-order chi connectivity index (χ1) is 12.6. The van der Waals surface area contributed by atoms with Crippen LogP contribution in [0.25, 0.3) is 0 Å². The van der Waals surface area contributed by atoms with Crippen LogP contribution in [0.4, 0.5) is 17.1 Å². The lowest BCUT2D eigenvalue weighted by Crippen LogP contribution is -2.41. The van der Waals surface area contributed by atoms with E-state index in [0.717, 1.165) is 0 Å². The quantitative estimate of drug-likeness (QED) is 0.510. The number of anilines is 3. The van der Waals surface area contributed by atoms with Crippen LogP contribution in [0.1, 0.15) is 38.1 Å². The maximum Gasteiger partial charge on any atom is 0.257 e. The highest BCUT2D eigenvalue weighted by Gasteiger charge is 2.27. The molecule has 0 aliphatic rings. The molecule has 2 aromatic rings. The Balaban J connectivity index is 2.36. The predicted octanol–water partition coefficient (Wildman–Crippen LogP) is 2.53. The van der Waals surface area contributed by atoms with Gasteiger partial charge in [-0.1, -0.05) is 33.8 Å². The molecule has 0 saturated heterocycles. The third-order valence-electron chi connectivity index (χ3n) is 4.59. The van der Waals surface area contributed by atoms with Crippen LogP contribution in [-0.4, -0.2) is 36.1 Å². The van der Waals surface area contributed by atoms with E-state index in [1.54, 1.807) is 26.2 Å². The van der Waals surface area contributed by atoms with Crippen molar-refractivity contribution in [3.05, 3.63) is 44.2 Å². The van der Waals surface area contributed by atoms with E-state index in [9.17, 15) is 19.5 Å². The molecule has 0 aromatic heterocycles. The number of nitrogens with one attached hydrogen (secondary N) is 2. The van der Waals surface area contributed by atoms with Gasteiger partial charge >= 0.3 is 0 Å². The van der Waals surface area contributed by atoms with E-state index in [0.29, 0.717) is 0 Å². The Bertz CT molecular complexity index is 901. The maximum atomic E-state index is 12.2. The molecule has 0 spiro atoms. The summed E-state index contributed by atoms with van der Waals surface area (Å²) in [7, 11) is 3.16. The summed E-state index contributed by atoms with van der Waals surface area (Å²) in [6.45, 7) is 8.16. The highest BCUT2D eigenvalue weighted by atomic mass is 16.3. The number of hydrogen-bond donors (Lipinski definition) is 3. The minimum Gasteiger partial charge on any atom is -0.505 e. The fourth-order valence-corrected chi connectivity index (χ4v) is 3.11. The smallest absolute Gasteiger partial charge is 0.257 e. The van der Waals surface area contributed by atoms with E-state index in [2.05, 4.69) is 10.6 Å². The third-order valence-corrected chi connectivity index (χ3v) is 4.59. The van der Waals surface area contributed by atoms with Crippen LogP contribution in [0, 0.1) is 11.8 Å². The van der Waals surface area contributed by atoms with Crippen LogP contribution < -0.4 is 21.5 Å². The largest absolute Gasteiger partial charge is 0.505 e. The number of hydrogen-bond acceptors (Lipinski definition) is 6. The van der Waals surface area contributed by atoms with Gasteiger partial charge in [-0.15, -0.1) is 0 Å². The van der Waals surface area contributed by atoms with Crippen molar-refractivity contribution >= 4 is 23.0 Å². The Hall–Kier alpha value is -2.83. The summed E-state index contributed by atoms with van der Waals surface area (Å²) in [6, 6.07) is 4.66. The Labute approximate surface area is 158 Å². The molecule has 0 heterocycles. The van der Waals surface area contributed by atoms with Gasteiger partial charge in [0, 0.05) is 20.1 Å². The molecule has 0 aliphatic heterocycles. The molecular formula is C20H27N3O4. The van der Waals surface area contributed by atoms with E-state index < -0.39 is 10.9 Å². The molecule has 0 radical (unpaired) electrons. The Kier molecular flexibility index (Phi) is 5.93. The molecule has 3 N–H and O–H groups in total. The molecule has 0 atom stereocenters. The standard InChI is InChI=1S/C20H27N3O4/c1-10(2)14(11(3)4)22-16-15(18(25)19(16)26)21-13-9-7-8-12(17(13)24)20(27)23(5)6/h7-11,14,21-22,24H,1-6H3.